The van der Waals surface area contributed by atoms with Crippen LogP contribution in [0, 0.1) is 0 Å². The van der Waals surface area contributed by atoms with Crippen LogP contribution in [-0.4, -0.2) is 21.8 Å². The van der Waals surface area contributed by atoms with Gasteiger partial charge in [-0.1, -0.05) is 36.4 Å². The zero-order chi connectivity index (χ0) is 13.9. The first-order valence-corrected chi connectivity index (χ1v) is 6.77. The molecule has 0 radical (unpaired) electrons. The highest BCUT2D eigenvalue weighted by atomic mass is 15.3. The zero-order valence-electron chi connectivity index (χ0n) is 11.7. The lowest BCUT2D eigenvalue weighted by atomic mass is 9.99. The lowest BCUT2D eigenvalue weighted by Gasteiger charge is -2.16. The molecule has 0 amide bonds. The van der Waals surface area contributed by atoms with E-state index in [1.165, 1.54) is 16.3 Å². The summed E-state index contributed by atoms with van der Waals surface area (Å²) in [6.45, 7) is 0. The second-order valence-electron chi connectivity index (χ2n) is 4.95. The molecule has 4 nitrogen and oxygen atoms in total. The first-order valence-electron chi connectivity index (χ1n) is 6.77. The number of rotatable bonds is 4. The smallest absolute Gasteiger partial charge is 0.138 e. The second kappa shape index (κ2) is 5.43. The number of likely N-dealkylation sites (N-methyl/N-ethyl adjacent to an activating group) is 1. The summed E-state index contributed by atoms with van der Waals surface area (Å²) < 4.78 is 1.82. The van der Waals surface area contributed by atoms with Crippen LogP contribution in [0.3, 0.4) is 0 Å². The molecular formula is C16H18N4. The van der Waals surface area contributed by atoms with Crippen molar-refractivity contribution in [3.63, 3.8) is 0 Å². The summed E-state index contributed by atoms with van der Waals surface area (Å²) in [7, 11) is 3.91. The zero-order valence-corrected chi connectivity index (χ0v) is 11.7. The van der Waals surface area contributed by atoms with E-state index in [2.05, 4.69) is 57.9 Å². The fraction of sp³-hybridized carbons (Fsp3) is 0.250. The van der Waals surface area contributed by atoms with Gasteiger partial charge in [0, 0.05) is 19.5 Å². The van der Waals surface area contributed by atoms with Gasteiger partial charge in [0.15, 0.2) is 0 Å². The summed E-state index contributed by atoms with van der Waals surface area (Å²) in [5.41, 5.74) is 1.27. The van der Waals surface area contributed by atoms with E-state index in [1.807, 2.05) is 18.8 Å². The van der Waals surface area contributed by atoms with Crippen LogP contribution >= 0.6 is 0 Å². The standard InChI is InChI=1S/C16H18N4/c1-17-15(10-16-18-11-19-20(16)2)14-8-7-12-5-3-4-6-13(12)9-14/h3-9,11,15,17H,10H2,1-2H3. The molecule has 4 heteroatoms. The molecule has 0 fully saturated rings. The Morgan fingerprint density at radius 1 is 1.15 bits per heavy atom. The van der Waals surface area contributed by atoms with E-state index in [0.29, 0.717) is 0 Å². The molecule has 0 aliphatic rings. The molecule has 1 aromatic heterocycles. The third-order valence-corrected chi connectivity index (χ3v) is 3.72. The highest BCUT2D eigenvalue weighted by molar-refractivity contribution is 5.83. The number of aryl methyl sites for hydroxylation is 1. The molecule has 3 rings (SSSR count). The Bertz CT molecular complexity index is 717. The molecule has 1 unspecified atom stereocenters. The molecule has 1 atom stereocenters. The summed E-state index contributed by atoms with van der Waals surface area (Å²) in [4.78, 5) is 4.30. The van der Waals surface area contributed by atoms with Gasteiger partial charge in [-0.25, -0.2) is 4.98 Å². The topological polar surface area (TPSA) is 42.7 Å². The monoisotopic (exact) mass is 266 g/mol. The van der Waals surface area contributed by atoms with Crippen LogP contribution in [0.2, 0.25) is 0 Å². The van der Waals surface area contributed by atoms with Gasteiger partial charge in [0.05, 0.1) is 0 Å². The minimum atomic E-state index is 0.238. The van der Waals surface area contributed by atoms with E-state index in [1.54, 1.807) is 6.33 Å². The van der Waals surface area contributed by atoms with Crippen LogP contribution in [0.5, 0.6) is 0 Å². The van der Waals surface area contributed by atoms with Crippen molar-refractivity contribution in [2.75, 3.05) is 7.05 Å². The van der Waals surface area contributed by atoms with Crippen LogP contribution in [0.25, 0.3) is 10.8 Å². The molecule has 2 aromatic carbocycles. The number of hydrogen-bond donors (Lipinski definition) is 1. The molecule has 0 aliphatic heterocycles. The summed E-state index contributed by atoms with van der Waals surface area (Å²) in [6, 6.07) is 15.3. The van der Waals surface area contributed by atoms with Crippen molar-refractivity contribution in [2.45, 2.75) is 12.5 Å². The average Bonchev–Trinajstić information content (AvgIpc) is 2.89. The number of nitrogens with zero attached hydrogens (tertiary/aromatic N) is 3. The van der Waals surface area contributed by atoms with E-state index in [9.17, 15) is 0 Å². The number of benzene rings is 2. The number of aromatic nitrogens is 3. The molecule has 1 N–H and O–H groups in total. The molecular weight excluding hydrogens is 248 g/mol. The Labute approximate surface area is 118 Å². The third-order valence-electron chi connectivity index (χ3n) is 3.72. The number of fused-ring (bicyclic) bond motifs is 1. The minimum absolute atomic E-state index is 0.238. The average molecular weight is 266 g/mol. The lowest BCUT2D eigenvalue weighted by Crippen LogP contribution is -2.20. The van der Waals surface area contributed by atoms with E-state index in [-0.39, 0.29) is 6.04 Å². The van der Waals surface area contributed by atoms with Crippen LogP contribution in [-0.2, 0) is 13.5 Å². The normalized spacial score (nSPS) is 12.7. The molecule has 0 saturated carbocycles. The van der Waals surface area contributed by atoms with E-state index >= 15 is 0 Å². The maximum absolute atomic E-state index is 4.30. The summed E-state index contributed by atoms with van der Waals surface area (Å²) in [6.07, 6.45) is 2.42. The van der Waals surface area contributed by atoms with Gasteiger partial charge < -0.3 is 5.32 Å². The minimum Gasteiger partial charge on any atom is -0.313 e. The fourth-order valence-electron chi connectivity index (χ4n) is 2.50. The summed E-state index contributed by atoms with van der Waals surface area (Å²) >= 11 is 0. The predicted molar refractivity (Wildman–Crippen MR) is 80.5 cm³/mol. The van der Waals surface area contributed by atoms with Crippen molar-refractivity contribution >= 4 is 10.8 Å². The second-order valence-corrected chi connectivity index (χ2v) is 4.95. The highest BCUT2D eigenvalue weighted by Gasteiger charge is 2.13. The SMILES string of the molecule is CNC(Cc1ncnn1C)c1ccc2ccccc2c1. The van der Waals surface area contributed by atoms with Crippen LogP contribution < -0.4 is 5.32 Å². The van der Waals surface area contributed by atoms with E-state index in [4.69, 9.17) is 0 Å². The molecule has 0 saturated heterocycles. The molecule has 0 spiro atoms. The largest absolute Gasteiger partial charge is 0.313 e. The van der Waals surface area contributed by atoms with Crippen molar-refractivity contribution in [3.8, 4) is 0 Å². The van der Waals surface area contributed by atoms with Gasteiger partial charge in [-0.3, -0.25) is 4.68 Å². The maximum atomic E-state index is 4.30. The van der Waals surface area contributed by atoms with Gasteiger partial charge in [-0.15, -0.1) is 0 Å². The molecule has 0 aliphatic carbocycles. The summed E-state index contributed by atoms with van der Waals surface area (Å²) in [5, 5.41) is 10.0. The first kappa shape index (κ1) is 12.8. The Hall–Kier alpha value is -2.20. The summed E-state index contributed by atoms with van der Waals surface area (Å²) in [5.74, 6) is 0.984. The highest BCUT2D eigenvalue weighted by Crippen LogP contribution is 2.22. The van der Waals surface area contributed by atoms with Crippen LogP contribution in [0.4, 0.5) is 0 Å². The van der Waals surface area contributed by atoms with Crippen LogP contribution in [0.1, 0.15) is 17.4 Å². The Balaban J connectivity index is 1.92. The van der Waals surface area contributed by atoms with Gasteiger partial charge >= 0.3 is 0 Å². The van der Waals surface area contributed by atoms with Crippen molar-refractivity contribution in [1.29, 1.82) is 0 Å². The first-order chi connectivity index (χ1) is 9.78. The molecule has 3 aromatic rings. The Morgan fingerprint density at radius 2 is 1.95 bits per heavy atom. The van der Waals surface area contributed by atoms with Gasteiger partial charge in [0.1, 0.15) is 12.2 Å². The maximum Gasteiger partial charge on any atom is 0.138 e. The van der Waals surface area contributed by atoms with E-state index in [0.717, 1.165) is 12.2 Å². The van der Waals surface area contributed by atoms with Crippen molar-refractivity contribution in [2.24, 2.45) is 7.05 Å². The quantitative estimate of drug-likeness (QED) is 0.789. The fourth-order valence-corrected chi connectivity index (χ4v) is 2.50. The van der Waals surface area contributed by atoms with Gasteiger partial charge in [-0.05, 0) is 29.4 Å². The van der Waals surface area contributed by atoms with Crippen molar-refractivity contribution < 1.29 is 0 Å². The van der Waals surface area contributed by atoms with Gasteiger partial charge in [0.25, 0.3) is 0 Å². The van der Waals surface area contributed by atoms with Crippen molar-refractivity contribution in [3.05, 3.63) is 60.2 Å². The molecule has 0 bridgehead atoms. The molecule has 1 heterocycles. The van der Waals surface area contributed by atoms with Crippen LogP contribution in [0.15, 0.2) is 48.8 Å². The Kier molecular flexibility index (Phi) is 3.48. The third kappa shape index (κ3) is 2.42. The van der Waals surface area contributed by atoms with E-state index < -0.39 is 0 Å². The molecule has 102 valence electrons. The van der Waals surface area contributed by atoms with Crippen molar-refractivity contribution in [1.82, 2.24) is 20.1 Å². The predicted octanol–water partition coefficient (Wildman–Crippen LogP) is 2.47. The number of hydrogen-bond acceptors (Lipinski definition) is 3. The lowest BCUT2D eigenvalue weighted by molar-refractivity contribution is 0.554. The molecule has 20 heavy (non-hydrogen) atoms. The Morgan fingerprint density at radius 3 is 2.65 bits per heavy atom. The van der Waals surface area contributed by atoms with Gasteiger partial charge in [-0.2, -0.15) is 5.10 Å². The number of nitrogens with one attached hydrogen (secondary N) is 1. The van der Waals surface area contributed by atoms with Gasteiger partial charge in [0.2, 0.25) is 0 Å².